The van der Waals surface area contributed by atoms with Crippen LogP contribution in [0.25, 0.3) is 23.3 Å². The van der Waals surface area contributed by atoms with Crippen LogP contribution in [-0.2, 0) is 11.3 Å². The number of nitrogens with zero attached hydrogens (tertiary/aromatic N) is 2. The zero-order valence-corrected chi connectivity index (χ0v) is 18.0. The number of anilines is 1. The monoisotopic (exact) mass is 445 g/mol. The summed E-state index contributed by atoms with van der Waals surface area (Å²) in [5, 5.41) is 13.8. The molecule has 1 aliphatic heterocycles. The Balaban J connectivity index is 1.89. The summed E-state index contributed by atoms with van der Waals surface area (Å²) in [6.07, 6.45) is 3.42. The first kappa shape index (κ1) is 21.9. The number of benzene rings is 3. The van der Waals surface area contributed by atoms with Crippen molar-refractivity contribution in [2.24, 2.45) is 0 Å². The van der Waals surface area contributed by atoms with Crippen LogP contribution in [0.4, 0.5) is 15.8 Å². The van der Waals surface area contributed by atoms with E-state index in [-0.39, 0.29) is 29.6 Å². The van der Waals surface area contributed by atoms with E-state index in [4.69, 9.17) is 0 Å². The van der Waals surface area contributed by atoms with Crippen LogP contribution in [0.5, 0.6) is 0 Å². The molecule has 0 aliphatic carbocycles. The van der Waals surface area contributed by atoms with Gasteiger partial charge in [-0.2, -0.15) is 0 Å². The number of nitro groups is 1. The Morgan fingerprint density at radius 3 is 2.45 bits per heavy atom. The van der Waals surface area contributed by atoms with Gasteiger partial charge >= 0.3 is 0 Å². The number of carbonyl (C=O) groups is 2. The minimum atomic E-state index is -0.516. The number of rotatable bonds is 3. The third-order valence-electron chi connectivity index (χ3n) is 5.58. The molecule has 4 rings (SSSR count). The van der Waals surface area contributed by atoms with E-state index in [1.165, 1.54) is 37.1 Å². The average molecular weight is 445 g/mol. The standard InChI is InChI=1S/C25H20FN3O4/c1-15(30)28-14-18-11-22(20-5-3-4-6-21(20)25(31)27-2)23(26)12-17(18)8-7-16-9-10-19(29(32)33)13-24(16)28/h3-13H,14H2,1-2H3,(H,27,31)/b8-7-. The highest BCUT2D eigenvalue weighted by Gasteiger charge is 2.23. The first-order chi connectivity index (χ1) is 15.8. The second kappa shape index (κ2) is 8.66. The lowest BCUT2D eigenvalue weighted by molar-refractivity contribution is -0.384. The highest BCUT2D eigenvalue weighted by Crippen LogP contribution is 2.35. The van der Waals surface area contributed by atoms with E-state index in [0.29, 0.717) is 33.5 Å². The lowest BCUT2D eigenvalue weighted by Gasteiger charge is -2.26. The second-order valence-corrected chi connectivity index (χ2v) is 7.59. The number of amides is 2. The molecule has 1 N–H and O–H groups in total. The number of fused-ring (bicyclic) bond motifs is 2. The van der Waals surface area contributed by atoms with E-state index >= 15 is 4.39 Å². The number of non-ortho nitro benzene ring substituents is 1. The molecular formula is C25H20FN3O4. The summed E-state index contributed by atoms with van der Waals surface area (Å²) in [5.74, 6) is -1.16. The molecule has 0 atom stereocenters. The van der Waals surface area contributed by atoms with Crippen LogP contribution in [-0.4, -0.2) is 23.8 Å². The van der Waals surface area contributed by atoms with Crippen LogP contribution in [0.1, 0.15) is 34.0 Å². The smallest absolute Gasteiger partial charge is 0.271 e. The molecule has 0 aromatic heterocycles. The van der Waals surface area contributed by atoms with Gasteiger partial charge in [0, 0.05) is 37.2 Å². The molecule has 0 bridgehead atoms. The molecule has 33 heavy (non-hydrogen) atoms. The number of nitro benzene ring substituents is 1. The van der Waals surface area contributed by atoms with Crippen LogP contribution in [0, 0.1) is 15.9 Å². The van der Waals surface area contributed by atoms with E-state index in [1.54, 1.807) is 48.6 Å². The molecule has 1 aliphatic rings. The zero-order valence-electron chi connectivity index (χ0n) is 18.0. The van der Waals surface area contributed by atoms with Crippen LogP contribution >= 0.6 is 0 Å². The fraction of sp³-hybridized carbons (Fsp3) is 0.120. The second-order valence-electron chi connectivity index (χ2n) is 7.59. The lowest BCUT2D eigenvalue weighted by Crippen LogP contribution is -2.29. The molecule has 166 valence electrons. The molecular weight excluding hydrogens is 425 g/mol. The van der Waals surface area contributed by atoms with Gasteiger partial charge in [0.2, 0.25) is 5.91 Å². The molecule has 3 aromatic carbocycles. The minimum Gasteiger partial charge on any atom is -0.355 e. The quantitative estimate of drug-likeness (QED) is 0.463. The maximum Gasteiger partial charge on any atom is 0.271 e. The Kier molecular flexibility index (Phi) is 5.74. The van der Waals surface area contributed by atoms with Crippen molar-refractivity contribution in [2.45, 2.75) is 13.5 Å². The first-order valence-electron chi connectivity index (χ1n) is 10.2. The van der Waals surface area contributed by atoms with Crippen molar-refractivity contribution in [3.05, 3.63) is 92.8 Å². The zero-order chi connectivity index (χ0) is 23.7. The molecule has 0 saturated carbocycles. The molecule has 0 radical (unpaired) electrons. The summed E-state index contributed by atoms with van der Waals surface area (Å²) in [6.45, 7) is 1.46. The van der Waals surface area contributed by atoms with Crippen molar-refractivity contribution in [1.29, 1.82) is 0 Å². The Morgan fingerprint density at radius 2 is 1.76 bits per heavy atom. The molecule has 0 fully saturated rings. The Morgan fingerprint density at radius 1 is 1.03 bits per heavy atom. The number of nitrogens with one attached hydrogen (secondary N) is 1. The molecule has 8 heteroatoms. The van der Waals surface area contributed by atoms with Gasteiger partial charge in [0.1, 0.15) is 5.82 Å². The SMILES string of the molecule is CNC(=O)c1ccccc1-c1cc2c(cc1F)/C=C\c1ccc([N+](=O)[O-])cc1N(C(C)=O)C2. The normalized spacial score (nSPS) is 13.2. The van der Waals surface area contributed by atoms with Crippen molar-refractivity contribution in [1.82, 2.24) is 5.32 Å². The Bertz CT molecular complexity index is 1330. The average Bonchev–Trinajstić information content (AvgIpc) is 2.80. The predicted octanol–water partition coefficient (Wildman–Crippen LogP) is 4.80. The summed E-state index contributed by atoms with van der Waals surface area (Å²) in [7, 11) is 1.50. The van der Waals surface area contributed by atoms with E-state index in [9.17, 15) is 19.7 Å². The van der Waals surface area contributed by atoms with E-state index in [1.807, 2.05) is 0 Å². The van der Waals surface area contributed by atoms with Crippen molar-refractivity contribution < 1.29 is 18.9 Å². The summed E-state index contributed by atoms with van der Waals surface area (Å²) in [5.41, 5.74) is 3.06. The number of hydrogen-bond donors (Lipinski definition) is 1. The lowest BCUT2D eigenvalue weighted by atomic mass is 9.93. The van der Waals surface area contributed by atoms with Crippen LogP contribution in [0.3, 0.4) is 0 Å². The van der Waals surface area contributed by atoms with Gasteiger partial charge in [-0.25, -0.2) is 4.39 Å². The highest BCUT2D eigenvalue weighted by atomic mass is 19.1. The van der Waals surface area contributed by atoms with Crippen LogP contribution < -0.4 is 10.2 Å². The number of halogens is 1. The largest absolute Gasteiger partial charge is 0.355 e. The Hall–Kier alpha value is -4.33. The van der Waals surface area contributed by atoms with Gasteiger partial charge < -0.3 is 10.2 Å². The molecule has 7 nitrogen and oxygen atoms in total. The van der Waals surface area contributed by atoms with Gasteiger partial charge in [-0.1, -0.05) is 30.4 Å². The van der Waals surface area contributed by atoms with Gasteiger partial charge in [-0.15, -0.1) is 0 Å². The van der Waals surface area contributed by atoms with E-state index in [2.05, 4.69) is 5.32 Å². The van der Waals surface area contributed by atoms with Crippen LogP contribution in [0.15, 0.2) is 54.6 Å². The summed E-state index contributed by atoms with van der Waals surface area (Å²) in [4.78, 5) is 37.0. The maximum absolute atomic E-state index is 15.2. The van der Waals surface area contributed by atoms with E-state index in [0.717, 1.165) is 0 Å². The molecule has 2 amide bonds. The molecule has 0 unspecified atom stereocenters. The molecule has 0 spiro atoms. The highest BCUT2D eigenvalue weighted by molar-refractivity contribution is 6.01. The number of carbonyl (C=O) groups excluding carboxylic acids is 2. The van der Waals surface area contributed by atoms with Crippen molar-refractivity contribution >= 4 is 35.3 Å². The first-order valence-corrected chi connectivity index (χ1v) is 10.2. The minimum absolute atomic E-state index is 0.0819. The van der Waals surface area contributed by atoms with Crippen molar-refractivity contribution in [3.8, 4) is 11.1 Å². The van der Waals surface area contributed by atoms with Gasteiger partial charge in [0.05, 0.1) is 17.2 Å². The van der Waals surface area contributed by atoms with Crippen molar-refractivity contribution in [2.75, 3.05) is 11.9 Å². The maximum atomic E-state index is 15.2. The van der Waals surface area contributed by atoms with E-state index < -0.39 is 10.7 Å². The van der Waals surface area contributed by atoms with Gasteiger partial charge in [0.15, 0.2) is 0 Å². The fourth-order valence-corrected chi connectivity index (χ4v) is 3.92. The fourth-order valence-electron chi connectivity index (χ4n) is 3.92. The van der Waals surface area contributed by atoms with Crippen molar-refractivity contribution in [3.63, 3.8) is 0 Å². The third kappa shape index (κ3) is 4.10. The van der Waals surface area contributed by atoms with Gasteiger partial charge in [-0.05, 0) is 46.5 Å². The van der Waals surface area contributed by atoms with Crippen LogP contribution in [0.2, 0.25) is 0 Å². The number of hydrogen-bond acceptors (Lipinski definition) is 4. The molecule has 3 aromatic rings. The molecule has 1 heterocycles. The Labute approximate surface area is 189 Å². The van der Waals surface area contributed by atoms with Gasteiger partial charge in [0.25, 0.3) is 11.6 Å². The summed E-state index contributed by atoms with van der Waals surface area (Å²) < 4.78 is 15.2. The topological polar surface area (TPSA) is 92.5 Å². The molecule has 0 saturated heterocycles. The summed E-state index contributed by atoms with van der Waals surface area (Å²) >= 11 is 0. The third-order valence-corrected chi connectivity index (χ3v) is 5.58. The predicted molar refractivity (Wildman–Crippen MR) is 124 cm³/mol. The summed E-state index contributed by atoms with van der Waals surface area (Å²) in [6, 6.07) is 14.0. The van der Waals surface area contributed by atoms with Gasteiger partial charge in [-0.3, -0.25) is 19.7 Å².